The molecule has 0 aliphatic carbocycles. The highest BCUT2D eigenvalue weighted by Gasteiger charge is 2.31. The van der Waals surface area contributed by atoms with Gasteiger partial charge in [-0.15, -0.1) is 11.3 Å². The van der Waals surface area contributed by atoms with Gasteiger partial charge in [-0.25, -0.2) is 4.39 Å². The SMILES string of the molecule is OC[C@@H]1C[C@H](O)C[C@H](c2cc(Cc3cc4ccccc4s3)c(F)cc2O)O1. The van der Waals surface area contributed by atoms with E-state index in [0.29, 0.717) is 30.4 Å². The number of ether oxygens (including phenoxy) is 1. The van der Waals surface area contributed by atoms with Crippen LogP contribution in [0.4, 0.5) is 4.39 Å². The summed E-state index contributed by atoms with van der Waals surface area (Å²) in [6.07, 6.45) is -0.628. The van der Waals surface area contributed by atoms with Crippen LogP contribution in [0.25, 0.3) is 10.1 Å². The Labute approximate surface area is 160 Å². The zero-order valence-electron chi connectivity index (χ0n) is 14.6. The number of fused-ring (bicyclic) bond motifs is 1. The summed E-state index contributed by atoms with van der Waals surface area (Å²) in [5.41, 5.74) is 0.920. The van der Waals surface area contributed by atoms with Crippen LogP contribution >= 0.6 is 11.3 Å². The summed E-state index contributed by atoms with van der Waals surface area (Å²) in [6, 6.07) is 12.8. The Morgan fingerprint density at radius 1 is 1.15 bits per heavy atom. The summed E-state index contributed by atoms with van der Waals surface area (Å²) in [7, 11) is 0. The predicted molar refractivity (Wildman–Crippen MR) is 103 cm³/mol. The summed E-state index contributed by atoms with van der Waals surface area (Å²) < 4.78 is 21.4. The molecule has 3 aromatic rings. The Morgan fingerprint density at radius 3 is 2.74 bits per heavy atom. The smallest absolute Gasteiger partial charge is 0.130 e. The Morgan fingerprint density at radius 2 is 1.96 bits per heavy atom. The zero-order chi connectivity index (χ0) is 19.0. The maximum atomic E-state index is 14.5. The average molecular weight is 388 g/mol. The van der Waals surface area contributed by atoms with Crippen LogP contribution in [0.2, 0.25) is 0 Å². The molecular formula is C21H21FO4S. The number of phenolic OH excluding ortho intramolecular Hbond substituents is 1. The van der Waals surface area contributed by atoms with E-state index in [2.05, 4.69) is 6.07 Å². The number of benzene rings is 2. The first-order chi connectivity index (χ1) is 13.0. The summed E-state index contributed by atoms with van der Waals surface area (Å²) in [5.74, 6) is -0.660. The third-order valence-electron chi connectivity index (χ3n) is 4.97. The van der Waals surface area contributed by atoms with Crippen molar-refractivity contribution in [3.63, 3.8) is 0 Å². The molecule has 1 aromatic heterocycles. The van der Waals surface area contributed by atoms with Gasteiger partial charge in [-0.3, -0.25) is 0 Å². The lowest BCUT2D eigenvalue weighted by molar-refractivity contribution is -0.114. The van der Waals surface area contributed by atoms with Crippen LogP contribution in [0.5, 0.6) is 5.75 Å². The van der Waals surface area contributed by atoms with Gasteiger partial charge in [0, 0.05) is 40.5 Å². The van der Waals surface area contributed by atoms with Crippen LogP contribution in [0.15, 0.2) is 42.5 Å². The number of aromatic hydroxyl groups is 1. The Kier molecular flexibility index (Phi) is 5.14. The second-order valence-electron chi connectivity index (χ2n) is 6.98. The number of hydrogen-bond acceptors (Lipinski definition) is 5. The highest BCUT2D eigenvalue weighted by atomic mass is 32.1. The monoisotopic (exact) mass is 388 g/mol. The first-order valence-corrected chi connectivity index (χ1v) is 9.78. The van der Waals surface area contributed by atoms with Gasteiger partial charge >= 0.3 is 0 Å². The molecule has 0 amide bonds. The van der Waals surface area contributed by atoms with Crippen LogP contribution in [-0.4, -0.2) is 34.1 Å². The van der Waals surface area contributed by atoms with Gasteiger partial charge in [0.25, 0.3) is 0 Å². The molecule has 4 rings (SSSR count). The second kappa shape index (κ2) is 7.56. The highest BCUT2D eigenvalue weighted by molar-refractivity contribution is 7.19. The molecule has 0 bridgehead atoms. The topological polar surface area (TPSA) is 69.9 Å². The minimum Gasteiger partial charge on any atom is -0.507 e. The van der Waals surface area contributed by atoms with E-state index in [4.69, 9.17) is 4.74 Å². The van der Waals surface area contributed by atoms with Crippen molar-refractivity contribution >= 4 is 21.4 Å². The summed E-state index contributed by atoms with van der Waals surface area (Å²) in [6.45, 7) is -0.204. The minimum absolute atomic E-state index is 0.191. The van der Waals surface area contributed by atoms with E-state index in [1.54, 1.807) is 17.4 Å². The third-order valence-corrected chi connectivity index (χ3v) is 6.08. The Balaban J connectivity index is 1.64. The largest absolute Gasteiger partial charge is 0.507 e. The van der Waals surface area contributed by atoms with Gasteiger partial charge in [-0.2, -0.15) is 0 Å². The van der Waals surface area contributed by atoms with E-state index in [9.17, 15) is 19.7 Å². The fraction of sp³-hybridized carbons (Fsp3) is 0.333. The molecule has 4 nitrogen and oxygen atoms in total. The number of aliphatic hydroxyl groups is 2. The maximum Gasteiger partial charge on any atom is 0.130 e. The van der Waals surface area contributed by atoms with Crippen molar-refractivity contribution in [2.75, 3.05) is 6.61 Å². The first-order valence-electron chi connectivity index (χ1n) is 8.96. The number of thiophene rings is 1. The number of aliphatic hydroxyl groups excluding tert-OH is 2. The fourth-order valence-corrected chi connectivity index (χ4v) is 4.73. The summed E-state index contributed by atoms with van der Waals surface area (Å²) >= 11 is 1.62. The van der Waals surface area contributed by atoms with Crippen molar-refractivity contribution in [3.05, 3.63) is 64.3 Å². The summed E-state index contributed by atoms with van der Waals surface area (Å²) in [4.78, 5) is 1.03. The first kappa shape index (κ1) is 18.4. The van der Waals surface area contributed by atoms with Gasteiger partial charge in [0.2, 0.25) is 0 Å². The zero-order valence-corrected chi connectivity index (χ0v) is 15.5. The predicted octanol–water partition coefficient (Wildman–Crippen LogP) is 3.91. The molecule has 142 valence electrons. The van der Waals surface area contributed by atoms with Gasteiger partial charge in [0.1, 0.15) is 11.6 Å². The quantitative estimate of drug-likeness (QED) is 0.634. The molecule has 0 radical (unpaired) electrons. The lowest BCUT2D eigenvalue weighted by Gasteiger charge is -2.33. The second-order valence-corrected chi connectivity index (χ2v) is 8.15. The molecule has 2 aromatic carbocycles. The lowest BCUT2D eigenvalue weighted by atomic mass is 9.93. The van der Waals surface area contributed by atoms with Gasteiger partial charge in [-0.05, 0) is 29.1 Å². The van der Waals surface area contributed by atoms with Gasteiger partial charge in [0.05, 0.1) is 24.9 Å². The van der Waals surface area contributed by atoms with Crippen molar-refractivity contribution in [2.24, 2.45) is 0 Å². The highest BCUT2D eigenvalue weighted by Crippen LogP contribution is 2.38. The van der Waals surface area contributed by atoms with Crippen molar-refractivity contribution in [3.8, 4) is 5.75 Å². The van der Waals surface area contributed by atoms with Crippen molar-refractivity contribution < 1.29 is 24.4 Å². The van der Waals surface area contributed by atoms with Crippen molar-refractivity contribution in [1.29, 1.82) is 0 Å². The molecule has 0 spiro atoms. The molecule has 1 saturated heterocycles. The van der Waals surface area contributed by atoms with Crippen LogP contribution in [0, 0.1) is 5.82 Å². The number of hydrogen-bond donors (Lipinski definition) is 3. The normalized spacial score (nSPS) is 23.0. The van der Waals surface area contributed by atoms with Crippen LogP contribution in [-0.2, 0) is 11.2 Å². The third kappa shape index (κ3) is 3.84. The maximum absolute atomic E-state index is 14.5. The molecule has 3 N–H and O–H groups in total. The number of rotatable bonds is 4. The average Bonchev–Trinajstić information content (AvgIpc) is 3.05. The van der Waals surface area contributed by atoms with Gasteiger partial charge in [0.15, 0.2) is 0 Å². The van der Waals surface area contributed by atoms with Gasteiger partial charge in [-0.1, -0.05) is 18.2 Å². The van der Waals surface area contributed by atoms with E-state index in [1.165, 1.54) is 0 Å². The van der Waals surface area contributed by atoms with E-state index >= 15 is 0 Å². The standard InChI is InChI=1S/C21H21FO4S/c22-18-10-19(25)17(20-9-14(24)8-15(11-23)26-20)7-13(18)6-16-5-12-3-1-2-4-21(12)27-16/h1-5,7,10,14-15,20,23-25H,6,8-9,11H2/t14-,15-,20+/m0/s1. The van der Waals surface area contributed by atoms with Gasteiger partial charge < -0.3 is 20.1 Å². The lowest BCUT2D eigenvalue weighted by Crippen LogP contribution is -2.33. The molecule has 3 atom stereocenters. The number of phenols is 1. The fourth-order valence-electron chi connectivity index (χ4n) is 3.64. The van der Waals surface area contributed by atoms with Crippen LogP contribution < -0.4 is 0 Å². The Hall–Kier alpha value is -1.99. The minimum atomic E-state index is -0.628. The molecule has 0 saturated carbocycles. The van der Waals surface area contributed by atoms with Crippen LogP contribution in [0.1, 0.15) is 34.9 Å². The van der Waals surface area contributed by atoms with Crippen molar-refractivity contribution in [2.45, 2.75) is 37.6 Å². The molecule has 1 aliphatic rings. The molecular weight excluding hydrogens is 367 g/mol. The molecule has 0 unspecified atom stereocenters. The number of halogens is 1. The summed E-state index contributed by atoms with van der Waals surface area (Å²) in [5, 5.41) is 30.7. The van der Waals surface area contributed by atoms with E-state index in [0.717, 1.165) is 21.0 Å². The molecule has 2 heterocycles. The molecule has 27 heavy (non-hydrogen) atoms. The molecule has 1 aliphatic heterocycles. The van der Waals surface area contributed by atoms with Crippen LogP contribution in [0.3, 0.4) is 0 Å². The van der Waals surface area contributed by atoms with E-state index in [1.807, 2.05) is 24.3 Å². The van der Waals surface area contributed by atoms with Crippen molar-refractivity contribution in [1.82, 2.24) is 0 Å². The van der Waals surface area contributed by atoms with E-state index < -0.39 is 24.1 Å². The molecule has 6 heteroatoms. The Bertz CT molecular complexity index is 922. The molecule has 1 fully saturated rings. The van der Waals surface area contributed by atoms with E-state index in [-0.39, 0.29) is 12.4 Å².